The molecule has 0 saturated heterocycles. The zero-order chi connectivity index (χ0) is 29.6. The fraction of sp³-hybridized carbons (Fsp3) is 0.314. The largest absolute Gasteiger partial charge is 0.534 e. The lowest BCUT2D eigenvalue weighted by atomic mass is 9.42. The first-order chi connectivity index (χ1) is 20.5. The van der Waals surface area contributed by atoms with Crippen LogP contribution >= 0.6 is 0 Å². The number of benzene rings is 4. The van der Waals surface area contributed by atoms with Crippen molar-refractivity contribution in [3.63, 3.8) is 0 Å². The summed E-state index contributed by atoms with van der Waals surface area (Å²) in [6, 6.07) is 29.6. The molecule has 4 saturated carbocycles. The van der Waals surface area contributed by atoms with E-state index in [4.69, 9.17) is 4.42 Å². The highest BCUT2D eigenvalue weighted by atomic mass is 32.2. The van der Waals surface area contributed by atoms with Crippen LogP contribution in [0.1, 0.15) is 49.7 Å². The number of alkyl halides is 3. The van der Waals surface area contributed by atoms with Crippen molar-refractivity contribution in [1.82, 2.24) is 0 Å². The Labute approximate surface area is 247 Å². The Morgan fingerprint density at radius 1 is 0.721 bits per heavy atom. The maximum absolute atomic E-state index is 12.8. The normalized spacial score (nSPS) is 26.8. The molecule has 2 atom stereocenters. The molecule has 43 heavy (non-hydrogen) atoms. The quantitative estimate of drug-likeness (QED) is 0.149. The number of para-hydroxylation sites is 2. The molecule has 0 spiro atoms. The van der Waals surface area contributed by atoms with Crippen LogP contribution in [0.3, 0.4) is 0 Å². The van der Waals surface area contributed by atoms with Gasteiger partial charge in [-0.15, -0.1) is 0 Å². The van der Waals surface area contributed by atoms with Gasteiger partial charge >= 0.3 is 15.6 Å². The molecule has 1 heterocycles. The zero-order valence-corrected chi connectivity index (χ0v) is 24.0. The second-order valence-electron chi connectivity index (χ2n) is 12.9. The Morgan fingerprint density at radius 3 is 1.93 bits per heavy atom. The molecule has 4 fully saturated rings. The fourth-order valence-electron chi connectivity index (χ4n) is 8.95. The predicted octanol–water partition coefficient (Wildman–Crippen LogP) is 9.27. The topological polar surface area (TPSA) is 56.5 Å². The molecule has 220 valence electrons. The van der Waals surface area contributed by atoms with Crippen molar-refractivity contribution in [2.75, 3.05) is 0 Å². The van der Waals surface area contributed by atoms with E-state index in [2.05, 4.69) is 52.7 Å². The number of rotatable bonds is 5. The molecule has 8 heteroatoms. The molecule has 4 nitrogen and oxygen atoms in total. The maximum atomic E-state index is 12.8. The van der Waals surface area contributed by atoms with Crippen molar-refractivity contribution in [2.45, 2.75) is 54.9 Å². The van der Waals surface area contributed by atoms with E-state index in [1.54, 1.807) is 12.1 Å². The second-order valence-corrected chi connectivity index (χ2v) is 14.4. The molecule has 4 aliphatic carbocycles. The van der Waals surface area contributed by atoms with E-state index in [-0.39, 0.29) is 16.6 Å². The minimum atomic E-state index is -5.70. The Balaban J connectivity index is 1.11. The van der Waals surface area contributed by atoms with Gasteiger partial charge in [-0.25, -0.2) is 0 Å². The van der Waals surface area contributed by atoms with Gasteiger partial charge in [-0.05, 0) is 96.1 Å². The van der Waals surface area contributed by atoms with Crippen LogP contribution < -0.4 is 4.18 Å². The SMILES string of the molecule is O=S(=O)(Oc1ccc(C23CC4CC(C2)CC(c2ccc(-c5cccc6c5oc5ccccc56)cc2)(C4)C3)cc1)C(F)(F)F. The van der Waals surface area contributed by atoms with E-state index in [1.165, 1.54) is 24.1 Å². The Hall–Kier alpha value is -3.78. The highest BCUT2D eigenvalue weighted by molar-refractivity contribution is 7.88. The van der Waals surface area contributed by atoms with Gasteiger partial charge < -0.3 is 8.60 Å². The molecule has 1 aromatic heterocycles. The molecule has 4 aliphatic rings. The van der Waals surface area contributed by atoms with Crippen molar-refractivity contribution in [1.29, 1.82) is 0 Å². The number of hydrogen-bond acceptors (Lipinski definition) is 4. The smallest absolute Gasteiger partial charge is 0.455 e. The van der Waals surface area contributed by atoms with Gasteiger partial charge in [0.15, 0.2) is 0 Å². The zero-order valence-electron chi connectivity index (χ0n) is 23.2. The first-order valence-electron chi connectivity index (χ1n) is 14.7. The second kappa shape index (κ2) is 9.11. The molecular formula is C35H29F3O4S. The van der Waals surface area contributed by atoms with Crippen molar-refractivity contribution in [3.05, 3.63) is 102 Å². The molecule has 9 rings (SSSR count). The molecule has 4 bridgehead atoms. The number of fused-ring (bicyclic) bond motifs is 3. The van der Waals surface area contributed by atoms with Crippen LogP contribution in [-0.4, -0.2) is 13.9 Å². The molecule has 0 N–H and O–H groups in total. The van der Waals surface area contributed by atoms with Gasteiger partial charge in [-0.3, -0.25) is 0 Å². The highest BCUT2D eigenvalue weighted by Crippen LogP contribution is 2.66. The Kier molecular flexibility index (Phi) is 5.68. The third-order valence-corrected chi connectivity index (χ3v) is 11.2. The van der Waals surface area contributed by atoms with E-state index in [9.17, 15) is 21.6 Å². The van der Waals surface area contributed by atoms with E-state index < -0.39 is 15.6 Å². The van der Waals surface area contributed by atoms with Crippen LogP contribution in [0, 0.1) is 11.8 Å². The molecule has 4 aromatic carbocycles. The van der Waals surface area contributed by atoms with Crippen molar-refractivity contribution < 1.29 is 30.2 Å². The first-order valence-corrected chi connectivity index (χ1v) is 16.1. The van der Waals surface area contributed by atoms with Crippen LogP contribution in [0.15, 0.2) is 95.4 Å². The lowest BCUT2D eigenvalue weighted by Crippen LogP contribution is -2.55. The van der Waals surface area contributed by atoms with Crippen LogP contribution in [0.5, 0.6) is 5.75 Å². The summed E-state index contributed by atoms with van der Waals surface area (Å²) in [5, 5.41) is 2.21. The summed E-state index contributed by atoms with van der Waals surface area (Å²) in [6.45, 7) is 0. The molecule has 0 radical (unpaired) electrons. The van der Waals surface area contributed by atoms with E-state index >= 15 is 0 Å². The van der Waals surface area contributed by atoms with Crippen LogP contribution in [-0.2, 0) is 20.9 Å². The van der Waals surface area contributed by atoms with Crippen molar-refractivity contribution in [3.8, 4) is 16.9 Å². The van der Waals surface area contributed by atoms with E-state index in [0.717, 1.165) is 70.7 Å². The van der Waals surface area contributed by atoms with Gasteiger partial charge in [0.05, 0.1) is 0 Å². The van der Waals surface area contributed by atoms with Gasteiger partial charge in [0.1, 0.15) is 16.9 Å². The van der Waals surface area contributed by atoms with Gasteiger partial charge in [0, 0.05) is 16.3 Å². The lowest BCUT2D eigenvalue weighted by Gasteiger charge is -2.62. The first kappa shape index (κ1) is 26.8. The van der Waals surface area contributed by atoms with Gasteiger partial charge in [-0.2, -0.15) is 21.6 Å². The van der Waals surface area contributed by atoms with Gasteiger partial charge in [0.2, 0.25) is 0 Å². The summed E-state index contributed by atoms with van der Waals surface area (Å²) in [7, 11) is -5.70. The van der Waals surface area contributed by atoms with Gasteiger partial charge in [0.25, 0.3) is 0 Å². The number of furan rings is 1. The molecule has 0 aliphatic heterocycles. The summed E-state index contributed by atoms with van der Waals surface area (Å²) in [4.78, 5) is 0. The summed E-state index contributed by atoms with van der Waals surface area (Å²) in [6.07, 6.45) is 6.52. The van der Waals surface area contributed by atoms with E-state index in [1.807, 2.05) is 18.2 Å². The molecule has 2 unspecified atom stereocenters. The van der Waals surface area contributed by atoms with Crippen LogP contribution in [0.4, 0.5) is 13.2 Å². The minimum Gasteiger partial charge on any atom is -0.455 e. The van der Waals surface area contributed by atoms with Crippen LogP contribution in [0.25, 0.3) is 33.1 Å². The summed E-state index contributed by atoms with van der Waals surface area (Å²) < 4.78 is 72.1. The average molecular weight is 603 g/mol. The minimum absolute atomic E-state index is 0.0305. The molecule has 5 aromatic rings. The monoisotopic (exact) mass is 602 g/mol. The van der Waals surface area contributed by atoms with Crippen LogP contribution in [0.2, 0.25) is 0 Å². The van der Waals surface area contributed by atoms with Crippen molar-refractivity contribution in [2.24, 2.45) is 11.8 Å². The highest BCUT2D eigenvalue weighted by Gasteiger charge is 2.58. The summed E-state index contributed by atoms with van der Waals surface area (Å²) in [5.41, 5.74) is 0.800. The van der Waals surface area contributed by atoms with E-state index in [0.29, 0.717) is 11.8 Å². The lowest BCUT2D eigenvalue weighted by molar-refractivity contribution is -0.0500. The summed E-state index contributed by atoms with van der Waals surface area (Å²) in [5.74, 6) is 0.828. The third-order valence-electron chi connectivity index (χ3n) is 10.2. The Morgan fingerprint density at radius 2 is 1.30 bits per heavy atom. The molecular weight excluding hydrogens is 573 g/mol. The predicted molar refractivity (Wildman–Crippen MR) is 159 cm³/mol. The maximum Gasteiger partial charge on any atom is 0.534 e. The fourth-order valence-corrected chi connectivity index (χ4v) is 9.41. The third kappa shape index (κ3) is 4.20. The summed E-state index contributed by atoms with van der Waals surface area (Å²) >= 11 is 0. The Bertz CT molecular complexity index is 1960. The van der Waals surface area contributed by atoms with Crippen molar-refractivity contribution >= 4 is 32.1 Å². The molecule has 0 amide bonds. The number of hydrogen-bond donors (Lipinski definition) is 0. The van der Waals surface area contributed by atoms with Gasteiger partial charge in [-0.1, -0.05) is 72.8 Å². The average Bonchev–Trinajstić information content (AvgIpc) is 3.35. The number of halogens is 3. The standard InChI is InChI=1S/C35H29F3O4S/c36-35(37,38)43(39,40)42-27-14-12-26(13-15-27)34-19-22-16-23(20-34)18-33(17-22,21-34)25-10-8-24(9-11-25)28-5-3-6-30-29-4-1-2-7-31(29)41-32(28)30/h1-15,22-23H,16-21H2.